The Labute approximate surface area is 92.8 Å². The van der Waals surface area contributed by atoms with E-state index in [0.29, 0.717) is 0 Å². The molecule has 0 spiro atoms. The molecule has 1 saturated carbocycles. The van der Waals surface area contributed by atoms with Gasteiger partial charge in [0.1, 0.15) is 12.1 Å². The van der Waals surface area contributed by atoms with Gasteiger partial charge in [0.2, 0.25) is 0 Å². The zero-order valence-corrected chi connectivity index (χ0v) is 9.10. The van der Waals surface area contributed by atoms with Crippen LogP contribution in [-0.2, 0) is 0 Å². The van der Waals surface area contributed by atoms with E-state index in [1.165, 1.54) is 58.7 Å². The lowest BCUT2D eigenvalue weighted by Gasteiger charge is -2.25. The first kappa shape index (κ1) is 8.11. The van der Waals surface area contributed by atoms with Gasteiger partial charge in [0.25, 0.3) is 0 Å². The molecule has 74 valence electrons. The topological polar surface area (TPSA) is 24.7 Å². The summed E-state index contributed by atoms with van der Waals surface area (Å²) >= 11 is 1.36. The molecule has 4 aliphatic rings. The van der Waals surface area contributed by atoms with Crippen LogP contribution in [0.1, 0.15) is 25.7 Å². The van der Waals surface area contributed by atoms with Gasteiger partial charge in [-0.1, -0.05) is 12.2 Å². The van der Waals surface area contributed by atoms with E-state index in [-0.39, 0.29) is 0 Å². The summed E-state index contributed by atoms with van der Waals surface area (Å²) in [5, 5.41) is 0. The van der Waals surface area contributed by atoms with Gasteiger partial charge in [-0.2, -0.15) is 8.80 Å². The maximum atomic E-state index is 4.45. The smallest absolute Gasteiger partial charge is 0.115 e. The lowest BCUT2D eigenvalue weighted by Crippen LogP contribution is -2.22. The summed E-state index contributed by atoms with van der Waals surface area (Å²) in [6.07, 6.45) is 9.17. The predicted octanol–water partition coefficient (Wildman–Crippen LogP) is 3.20. The van der Waals surface area contributed by atoms with Crippen molar-refractivity contribution in [2.45, 2.75) is 25.7 Å². The van der Waals surface area contributed by atoms with Crippen LogP contribution in [0.2, 0.25) is 0 Å². The highest BCUT2D eigenvalue weighted by atomic mass is 32.2. The maximum Gasteiger partial charge on any atom is 0.115 e. The average molecular weight is 214 g/mol. The Bertz CT molecular complexity index is 474. The molecule has 1 heterocycles. The first-order valence-electron chi connectivity index (χ1n) is 5.37. The Kier molecular flexibility index (Phi) is 1.47. The Morgan fingerprint density at radius 2 is 1.47 bits per heavy atom. The number of rotatable bonds is 0. The molecular formula is C12H10N2S. The van der Waals surface area contributed by atoms with E-state index in [2.05, 4.69) is 20.9 Å². The molecule has 0 amide bonds. The van der Waals surface area contributed by atoms with E-state index < -0.39 is 0 Å². The highest BCUT2D eigenvalue weighted by Gasteiger charge is 2.33. The van der Waals surface area contributed by atoms with Crippen molar-refractivity contribution in [3.63, 3.8) is 0 Å². The third-order valence-electron chi connectivity index (χ3n) is 3.52. The lowest BCUT2D eigenvalue weighted by molar-refractivity contribution is 1.04. The number of nitrogens with zero attached hydrogens (tertiary/aromatic N) is 2. The third-order valence-corrected chi connectivity index (χ3v) is 4.12. The van der Waals surface area contributed by atoms with Crippen LogP contribution in [0.15, 0.2) is 43.2 Å². The Balaban J connectivity index is 2.06. The van der Waals surface area contributed by atoms with Gasteiger partial charge in [0.15, 0.2) is 0 Å². The van der Waals surface area contributed by atoms with Gasteiger partial charge in [-0.15, -0.1) is 0 Å². The van der Waals surface area contributed by atoms with Gasteiger partial charge in [-0.25, -0.2) is 0 Å². The van der Waals surface area contributed by atoms with Gasteiger partial charge >= 0.3 is 0 Å². The summed E-state index contributed by atoms with van der Waals surface area (Å²) in [7, 11) is 0. The minimum Gasteiger partial charge on any atom is -0.197 e. The third kappa shape index (κ3) is 0.965. The molecule has 0 aromatic rings. The first-order chi connectivity index (χ1) is 7.43. The van der Waals surface area contributed by atoms with Gasteiger partial charge < -0.3 is 0 Å². The van der Waals surface area contributed by atoms with Gasteiger partial charge in [-0.3, -0.25) is 0 Å². The molecule has 1 aliphatic heterocycles. The van der Waals surface area contributed by atoms with Crippen LogP contribution >= 0.6 is 12.1 Å². The lowest BCUT2D eigenvalue weighted by atomic mass is 9.82. The molecule has 4 rings (SSSR count). The van der Waals surface area contributed by atoms with Crippen LogP contribution in [0.25, 0.3) is 0 Å². The molecule has 2 nitrogen and oxygen atoms in total. The fourth-order valence-electron chi connectivity index (χ4n) is 2.84. The van der Waals surface area contributed by atoms with Crippen molar-refractivity contribution in [2.24, 2.45) is 8.80 Å². The number of hydrogen-bond acceptors (Lipinski definition) is 3. The van der Waals surface area contributed by atoms with Crippen LogP contribution in [-0.4, -0.2) is 11.4 Å². The highest BCUT2D eigenvalue weighted by Crippen LogP contribution is 2.45. The van der Waals surface area contributed by atoms with Crippen molar-refractivity contribution in [3.8, 4) is 0 Å². The molecule has 0 N–H and O–H groups in total. The zero-order chi connectivity index (χ0) is 9.83. The largest absolute Gasteiger partial charge is 0.197 e. The second-order valence-electron chi connectivity index (χ2n) is 4.27. The minimum atomic E-state index is 1.01. The molecule has 0 aromatic carbocycles. The monoisotopic (exact) mass is 214 g/mol. The molecule has 0 unspecified atom stereocenters. The van der Waals surface area contributed by atoms with Crippen molar-refractivity contribution in [3.05, 3.63) is 34.4 Å². The molecule has 15 heavy (non-hydrogen) atoms. The van der Waals surface area contributed by atoms with E-state index in [9.17, 15) is 0 Å². The van der Waals surface area contributed by atoms with E-state index in [4.69, 9.17) is 0 Å². The maximum absolute atomic E-state index is 4.45. The highest BCUT2D eigenvalue weighted by molar-refractivity contribution is 7.97. The standard InChI is InChI=1S/C12H10N2S/c1-2-8-4-6-10-12-9(13-15-14-10)5-3-7(1)11(8)12/h3-4H,1-2,5-6H2. The number of allylic oxidation sites excluding steroid dienone is 6. The van der Waals surface area contributed by atoms with Crippen molar-refractivity contribution in [1.82, 2.24) is 0 Å². The van der Waals surface area contributed by atoms with Crippen molar-refractivity contribution in [2.75, 3.05) is 0 Å². The fraction of sp³-hybridized carbons (Fsp3) is 0.333. The van der Waals surface area contributed by atoms with Crippen LogP contribution in [0, 0.1) is 0 Å². The van der Waals surface area contributed by atoms with Crippen LogP contribution in [0.3, 0.4) is 0 Å². The number of hydrogen-bond donors (Lipinski definition) is 0. The van der Waals surface area contributed by atoms with Crippen molar-refractivity contribution in [1.29, 1.82) is 0 Å². The Hall–Kier alpha value is -1.09. The van der Waals surface area contributed by atoms with Crippen molar-refractivity contribution < 1.29 is 0 Å². The first-order valence-corrected chi connectivity index (χ1v) is 6.10. The summed E-state index contributed by atoms with van der Waals surface area (Å²) in [4.78, 5) is 0. The molecule has 3 heteroatoms. The van der Waals surface area contributed by atoms with Gasteiger partial charge in [0, 0.05) is 18.4 Å². The minimum absolute atomic E-state index is 1.01. The second kappa shape index (κ2) is 2.73. The SMILES string of the molecule is C1=C2CCC3=CCC4=NSN=C(C1)C4=C23. The molecule has 3 aliphatic carbocycles. The Morgan fingerprint density at radius 3 is 2.07 bits per heavy atom. The van der Waals surface area contributed by atoms with E-state index in [1.807, 2.05) is 0 Å². The quantitative estimate of drug-likeness (QED) is 0.568. The van der Waals surface area contributed by atoms with E-state index in [0.717, 1.165) is 12.8 Å². The van der Waals surface area contributed by atoms with E-state index >= 15 is 0 Å². The zero-order valence-electron chi connectivity index (χ0n) is 8.29. The molecule has 1 fully saturated rings. The summed E-state index contributed by atoms with van der Waals surface area (Å²) in [5.41, 5.74) is 8.42. The summed E-state index contributed by atoms with van der Waals surface area (Å²) in [5.74, 6) is 0. The second-order valence-corrected chi connectivity index (χ2v) is 4.80. The normalized spacial score (nSPS) is 26.7. The summed E-state index contributed by atoms with van der Waals surface area (Å²) < 4.78 is 8.89. The van der Waals surface area contributed by atoms with Gasteiger partial charge in [-0.05, 0) is 29.6 Å². The van der Waals surface area contributed by atoms with Crippen LogP contribution in [0.5, 0.6) is 0 Å². The van der Waals surface area contributed by atoms with Crippen LogP contribution < -0.4 is 0 Å². The average Bonchev–Trinajstić information content (AvgIpc) is 2.71. The summed E-state index contributed by atoms with van der Waals surface area (Å²) in [6.45, 7) is 0. The Morgan fingerprint density at radius 1 is 0.867 bits per heavy atom. The molecule has 0 aromatic heterocycles. The van der Waals surface area contributed by atoms with E-state index in [1.54, 1.807) is 0 Å². The predicted molar refractivity (Wildman–Crippen MR) is 64.1 cm³/mol. The molecule has 0 atom stereocenters. The van der Waals surface area contributed by atoms with Gasteiger partial charge in [0.05, 0.1) is 11.4 Å². The molecule has 0 saturated heterocycles. The fourth-order valence-corrected chi connectivity index (χ4v) is 3.41. The molecule has 0 radical (unpaired) electrons. The molecule has 0 bridgehead atoms. The molecular weight excluding hydrogens is 204 g/mol. The summed E-state index contributed by atoms with van der Waals surface area (Å²) in [6, 6.07) is 0. The van der Waals surface area contributed by atoms with Crippen LogP contribution in [0.4, 0.5) is 0 Å². The van der Waals surface area contributed by atoms with Crippen molar-refractivity contribution >= 4 is 23.6 Å².